The van der Waals surface area contributed by atoms with Crippen LogP contribution in [0, 0.1) is 5.21 Å². The average Bonchev–Trinajstić information content (AvgIpc) is 2.46. The smallest absolute Gasteiger partial charge is 0.0853 e. The first-order valence-corrected chi connectivity index (χ1v) is 3.66. The Balaban J connectivity index is 2.13. The van der Waals surface area contributed by atoms with Crippen molar-refractivity contribution < 1.29 is 4.74 Å². The number of ether oxygens (including phenoxy) is 1. The normalized spacial score (nSPS) is 34.5. The molecule has 0 saturated carbocycles. The molecule has 0 aromatic rings. The number of hydrogen-bond donors (Lipinski definition) is 0. The zero-order valence-corrected chi connectivity index (χ0v) is 6.70. The van der Waals surface area contributed by atoms with Crippen molar-refractivity contribution in [3.05, 3.63) is 5.21 Å². The van der Waals surface area contributed by atoms with Crippen molar-refractivity contribution in [2.45, 2.75) is 38.5 Å². The SMILES string of the molecule is CC1OC1CC(C)N(C)[O-]. The Labute approximate surface area is 61.5 Å². The predicted molar refractivity (Wildman–Crippen MR) is 39.5 cm³/mol. The van der Waals surface area contributed by atoms with Crippen LogP contribution in [0.5, 0.6) is 0 Å². The molecule has 3 unspecified atom stereocenters. The van der Waals surface area contributed by atoms with Gasteiger partial charge in [-0.05, 0) is 26.4 Å². The molecular weight excluding hydrogens is 130 g/mol. The van der Waals surface area contributed by atoms with E-state index in [1.54, 1.807) is 7.05 Å². The highest BCUT2D eigenvalue weighted by Gasteiger charge is 2.34. The molecule has 0 radical (unpaired) electrons. The molecule has 0 N–H and O–H groups in total. The van der Waals surface area contributed by atoms with Crippen molar-refractivity contribution in [1.82, 2.24) is 5.06 Å². The third kappa shape index (κ3) is 1.94. The zero-order chi connectivity index (χ0) is 7.72. The van der Waals surface area contributed by atoms with Crippen LogP contribution < -0.4 is 0 Å². The average molecular weight is 144 g/mol. The second kappa shape index (κ2) is 2.86. The second-order valence-corrected chi connectivity index (χ2v) is 3.01. The first kappa shape index (κ1) is 7.98. The molecule has 0 bridgehead atoms. The first-order chi connectivity index (χ1) is 4.61. The predicted octanol–water partition coefficient (Wildman–Crippen LogP) is 0.982. The molecule has 0 spiro atoms. The molecule has 3 nitrogen and oxygen atoms in total. The van der Waals surface area contributed by atoms with Gasteiger partial charge < -0.3 is 15.0 Å². The minimum atomic E-state index is 0.0925. The minimum absolute atomic E-state index is 0.0925. The highest BCUT2D eigenvalue weighted by atomic mass is 16.6. The van der Waals surface area contributed by atoms with Crippen LogP contribution >= 0.6 is 0 Å². The molecule has 1 fully saturated rings. The van der Waals surface area contributed by atoms with Crippen LogP contribution in [0.4, 0.5) is 0 Å². The molecule has 3 atom stereocenters. The third-order valence-corrected chi connectivity index (χ3v) is 2.03. The maximum Gasteiger partial charge on any atom is 0.0853 e. The van der Waals surface area contributed by atoms with Crippen LogP contribution in [0.1, 0.15) is 20.3 Å². The Bertz CT molecular complexity index is 116. The summed E-state index contributed by atoms with van der Waals surface area (Å²) in [5.74, 6) is 0. The molecule has 0 aliphatic carbocycles. The van der Waals surface area contributed by atoms with Gasteiger partial charge in [-0.3, -0.25) is 0 Å². The van der Waals surface area contributed by atoms with Gasteiger partial charge in [-0.2, -0.15) is 0 Å². The van der Waals surface area contributed by atoms with Gasteiger partial charge in [-0.25, -0.2) is 0 Å². The van der Waals surface area contributed by atoms with E-state index in [0.717, 1.165) is 11.5 Å². The molecule has 3 heteroatoms. The monoisotopic (exact) mass is 144 g/mol. The standard InChI is InChI=1S/C7H14NO2/c1-5(8(3)9)4-7-6(2)10-7/h5-7H,4H2,1-3H3/q-1. The van der Waals surface area contributed by atoms with Crippen LogP contribution in [0.25, 0.3) is 0 Å². The summed E-state index contributed by atoms with van der Waals surface area (Å²) in [5, 5.41) is 11.7. The lowest BCUT2D eigenvalue weighted by atomic mass is 10.1. The van der Waals surface area contributed by atoms with E-state index < -0.39 is 0 Å². The molecule has 1 heterocycles. The van der Waals surface area contributed by atoms with Gasteiger partial charge in [0.15, 0.2) is 0 Å². The van der Waals surface area contributed by atoms with Crippen LogP contribution in [-0.2, 0) is 4.74 Å². The van der Waals surface area contributed by atoms with Crippen molar-refractivity contribution >= 4 is 0 Å². The van der Waals surface area contributed by atoms with Crippen LogP contribution in [0.15, 0.2) is 0 Å². The highest BCUT2D eigenvalue weighted by Crippen LogP contribution is 2.26. The Morgan fingerprint density at radius 3 is 2.50 bits per heavy atom. The zero-order valence-electron chi connectivity index (χ0n) is 6.70. The molecule has 0 aromatic heterocycles. The summed E-state index contributed by atoms with van der Waals surface area (Å²) >= 11 is 0. The molecule has 1 aliphatic heterocycles. The maximum atomic E-state index is 10.7. The van der Waals surface area contributed by atoms with Crippen LogP contribution in [-0.4, -0.2) is 30.4 Å². The number of hydroxylamine groups is 2. The largest absolute Gasteiger partial charge is 0.785 e. The lowest BCUT2D eigenvalue weighted by Crippen LogP contribution is -2.24. The van der Waals surface area contributed by atoms with E-state index in [1.807, 2.05) is 13.8 Å². The molecule has 0 amide bonds. The number of hydrogen-bond acceptors (Lipinski definition) is 3. The van der Waals surface area contributed by atoms with Crippen molar-refractivity contribution in [3.63, 3.8) is 0 Å². The minimum Gasteiger partial charge on any atom is -0.785 e. The van der Waals surface area contributed by atoms with Gasteiger partial charge in [-0.1, -0.05) is 6.92 Å². The van der Waals surface area contributed by atoms with Gasteiger partial charge in [0.05, 0.1) is 12.2 Å². The Morgan fingerprint density at radius 1 is 1.70 bits per heavy atom. The number of nitrogens with zero attached hydrogens (tertiary/aromatic N) is 1. The number of epoxide rings is 1. The van der Waals surface area contributed by atoms with Gasteiger partial charge in [-0.15, -0.1) is 0 Å². The summed E-state index contributed by atoms with van der Waals surface area (Å²) in [5.41, 5.74) is 0. The van der Waals surface area contributed by atoms with E-state index >= 15 is 0 Å². The molecule has 60 valence electrons. The van der Waals surface area contributed by atoms with Crippen molar-refractivity contribution in [1.29, 1.82) is 0 Å². The van der Waals surface area contributed by atoms with Gasteiger partial charge in [0.2, 0.25) is 0 Å². The van der Waals surface area contributed by atoms with E-state index in [4.69, 9.17) is 4.74 Å². The summed E-state index contributed by atoms with van der Waals surface area (Å²) in [6.45, 7) is 3.95. The van der Waals surface area contributed by atoms with Crippen LogP contribution in [0.2, 0.25) is 0 Å². The van der Waals surface area contributed by atoms with E-state index in [9.17, 15) is 5.21 Å². The van der Waals surface area contributed by atoms with Gasteiger partial charge in [0.25, 0.3) is 0 Å². The molecule has 1 saturated heterocycles. The van der Waals surface area contributed by atoms with E-state index in [-0.39, 0.29) is 6.04 Å². The molecular formula is C7H14NO2-. The third-order valence-electron chi connectivity index (χ3n) is 2.03. The second-order valence-electron chi connectivity index (χ2n) is 3.01. The Morgan fingerprint density at radius 2 is 2.20 bits per heavy atom. The summed E-state index contributed by atoms with van der Waals surface area (Å²) in [7, 11) is 1.55. The number of rotatable bonds is 3. The fourth-order valence-corrected chi connectivity index (χ4v) is 0.962. The van der Waals surface area contributed by atoms with Gasteiger partial charge in [0, 0.05) is 0 Å². The lowest BCUT2D eigenvalue weighted by molar-refractivity contribution is 0.290. The highest BCUT2D eigenvalue weighted by molar-refractivity contribution is 4.84. The Kier molecular flexibility index (Phi) is 2.28. The fraction of sp³-hybridized carbons (Fsp3) is 1.00. The van der Waals surface area contributed by atoms with Crippen molar-refractivity contribution in [3.8, 4) is 0 Å². The van der Waals surface area contributed by atoms with Crippen molar-refractivity contribution in [2.24, 2.45) is 0 Å². The van der Waals surface area contributed by atoms with Gasteiger partial charge >= 0.3 is 0 Å². The molecule has 1 aliphatic rings. The fourth-order valence-electron chi connectivity index (χ4n) is 0.962. The molecule has 10 heavy (non-hydrogen) atoms. The lowest BCUT2D eigenvalue weighted by Gasteiger charge is -2.29. The van der Waals surface area contributed by atoms with E-state index in [1.165, 1.54) is 0 Å². The van der Waals surface area contributed by atoms with Gasteiger partial charge in [0.1, 0.15) is 0 Å². The molecule has 1 rings (SSSR count). The summed E-state index contributed by atoms with van der Waals surface area (Å²) in [4.78, 5) is 0. The van der Waals surface area contributed by atoms with E-state index in [0.29, 0.717) is 12.2 Å². The molecule has 0 aromatic carbocycles. The quantitative estimate of drug-likeness (QED) is 0.438. The Hall–Kier alpha value is -0.120. The first-order valence-electron chi connectivity index (χ1n) is 3.66. The maximum absolute atomic E-state index is 10.7. The summed E-state index contributed by atoms with van der Waals surface area (Å²) in [6, 6.07) is 0.0925. The summed E-state index contributed by atoms with van der Waals surface area (Å²) < 4.78 is 5.17. The summed E-state index contributed by atoms with van der Waals surface area (Å²) in [6.07, 6.45) is 1.58. The topological polar surface area (TPSA) is 38.8 Å². The van der Waals surface area contributed by atoms with E-state index in [2.05, 4.69) is 0 Å². The van der Waals surface area contributed by atoms with Crippen molar-refractivity contribution in [2.75, 3.05) is 7.05 Å². The van der Waals surface area contributed by atoms with Crippen LogP contribution in [0.3, 0.4) is 0 Å².